The first-order chi connectivity index (χ1) is 7.68. The van der Waals surface area contributed by atoms with Gasteiger partial charge in [0.25, 0.3) is 0 Å². The molecule has 0 aromatic heterocycles. The lowest BCUT2D eigenvalue weighted by Gasteiger charge is -2.01. The van der Waals surface area contributed by atoms with E-state index in [1.807, 2.05) is 0 Å². The van der Waals surface area contributed by atoms with Crippen molar-refractivity contribution >= 4 is 5.97 Å². The number of ether oxygens (including phenoxy) is 1. The molecule has 0 radical (unpaired) electrons. The molecular formula is C13H26O3. The average molecular weight is 230 g/mol. The number of carboxylic acid groups (broad SMARTS) is 1. The van der Waals surface area contributed by atoms with Gasteiger partial charge in [0.2, 0.25) is 0 Å². The van der Waals surface area contributed by atoms with E-state index in [1.54, 1.807) is 0 Å². The minimum Gasteiger partial charge on any atom is -0.478 e. The molecule has 3 heteroatoms. The van der Waals surface area contributed by atoms with Gasteiger partial charge in [-0.3, -0.25) is 0 Å². The highest BCUT2D eigenvalue weighted by Crippen LogP contribution is 1.97. The van der Waals surface area contributed by atoms with Crippen LogP contribution in [0.4, 0.5) is 0 Å². The molecule has 0 unspecified atom stereocenters. The summed E-state index contributed by atoms with van der Waals surface area (Å²) in [4.78, 5) is 9.25. The van der Waals surface area contributed by atoms with E-state index in [0.29, 0.717) is 0 Å². The summed E-state index contributed by atoms with van der Waals surface area (Å²) in [6, 6.07) is 0. The van der Waals surface area contributed by atoms with E-state index in [9.17, 15) is 4.79 Å². The Morgan fingerprint density at radius 3 is 1.75 bits per heavy atom. The molecule has 0 aliphatic rings. The van der Waals surface area contributed by atoms with Crippen molar-refractivity contribution in [2.75, 3.05) is 13.2 Å². The quantitative estimate of drug-likeness (QED) is 0.486. The van der Waals surface area contributed by atoms with Crippen LogP contribution in [0.3, 0.4) is 0 Å². The van der Waals surface area contributed by atoms with E-state index >= 15 is 0 Å². The molecule has 0 fully saturated rings. The largest absolute Gasteiger partial charge is 0.478 e. The third-order valence-electron chi connectivity index (χ3n) is 1.96. The second kappa shape index (κ2) is 16.6. The van der Waals surface area contributed by atoms with Crippen LogP contribution in [-0.4, -0.2) is 24.3 Å². The van der Waals surface area contributed by atoms with Gasteiger partial charge in [0.05, 0.1) is 0 Å². The molecule has 0 heterocycles. The van der Waals surface area contributed by atoms with E-state index in [1.165, 1.54) is 38.5 Å². The van der Waals surface area contributed by atoms with Crippen LogP contribution < -0.4 is 0 Å². The number of rotatable bonds is 9. The summed E-state index contributed by atoms with van der Waals surface area (Å²) in [6.45, 7) is 9.34. The lowest BCUT2D eigenvalue weighted by Crippen LogP contribution is -1.96. The zero-order valence-corrected chi connectivity index (χ0v) is 10.7. The Balaban J connectivity index is 0. The minimum atomic E-state index is -0.981. The molecule has 96 valence electrons. The summed E-state index contributed by atoms with van der Waals surface area (Å²) in [5, 5.41) is 7.60. The maximum Gasteiger partial charge on any atom is 0.327 e. The Morgan fingerprint density at radius 2 is 1.50 bits per heavy atom. The monoisotopic (exact) mass is 230 g/mol. The maximum absolute atomic E-state index is 9.25. The van der Waals surface area contributed by atoms with Gasteiger partial charge in [0.1, 0.15) is 0 Å². The molecule has 0 aromatic rings. The molecule has 0 saturated heterocycles. The maximum atomic E-state index is 9.25. The minimum absolute atomic E-state index is 0.833. The summed E-state index contributed by atoms with van der Waals surface area (Å²) >= 11 is 0. The molecule has 0 bridgehead atoms. The van der Waals surface area contributed by atoms with Gasteiger partial charge in [0.15, 0.2) is 0 Å². The molecule has 1 N–H and O–H groups in total. The van der Waals surface area contributed by atoms with E-state index in [2.05, 4.69) is 20.4 Å². The van der Waals surface area contributed by atoms with Gasteiger partial charge in [-0.2, -0.15) is 0 Å². The van der Waals surface area contributed by atoms with Crippen molar-refractivity contribution in [3.8, 4) is 0 Å². The third kappa shape index (κ3) is 23.2. The second-order valence-electron chi connectivity index (χ2n) is 3.57. The third-order valence-corrected chi connectivity index (χ3v) is 1.96. The van der Waals surface area contributed by atoms with Gasteiger partial charge in [-0.15, -0.1) is 0 Å². The molecule has 16 heavy (non-hydrogen) atoms. The molecule has 0 aliphatic heterocycles. The van der Waals surface area contributed by atoms with Crippen molar-refractivity contribution in [2.24, 2.45) is 0 Å². The van der Waals surface area contributed by atoms with Crippen molar-refractivity contribution in [1.29, 1.82) is 0 Å². The fourth-order valence-electron chi connectivity index (χ4n) is 1.01. The Labute approximate surface area is 99.5 Å². The van der Waals surface area contributed by atoms with Crippen LogP contribution in [0, 0.1) is 0 Å². The van der Waals surface area contributed by atoms with Crippen LogP contribution in [0.1, 0.15) is 52.4 Å². The molecule has 0 aromatic carbocycles. The lowest BCUT2D eigenvalue weighted by atomic mass is 10.2. The zero-order valence-electron chi connectivity index (χ0n) is 10.7. The first kappa shape index (κ1) is 17.6. The molecule has 0 aliphatic carbocycles. The molecule has 3 nitrogen and oxygen atoms in total. The molecule has 0 saturated carbocycles. The molecule has 0 spiro atoms. The summed E-state index contributed by atoms with van der Waals surface area (Å²) < 4.78 is 5.44. The van der Waals surface area contributed by atoms with E-state index < -0.39 is 5.97 Å². The van der Waals surface area contributed by atoms with Crippen LogP contribution in [0.5, 0.6) is 0 Å². The molecule has 0 amide bonds. The Kier molecular flexibility index (Phi) is 18.2. The lowest BCUT2D eigenvalue weighted by molar-refractivity contribution is -0.131. The van der Waals surface area contributed by atoms with Crippen LogP contribution >= 0.6 is 0 Å². The Morgan fingerprint density at radius 1 is 1.12 bits per heavy atom. The van der Waals surface area contributed by atoms with Crippen molar-refractivity contribution < 1.29 is 14.6 Å². The molecule has 0 atom stereocenters. The van der Waals surface area contributed by atoms with Crippen LogP contribution in [-0.2, 0) is 9.53 Å². The van der Waals surface area contributed by atoms with Gasteiger partial charge >= 0.3 is 5.97 Å². The van der Waals surface area contributed by atoms with Crippen molar-refractivity contribution in [1.82, 2.24) is 0 Å². The SMILES string of the molecule is C=CC(=O)O.CCCCCOCCCCC. The predicted octanol–water partition coefficient (Wildman–Crippen LogP) is 3.64. The number of carboxylic acids is 1. The molecular weight excluding hydrogens is 204 g/mol. The Bertz CT molecular complexity index is 147. The van der Waals surface area contributed by atoms with Crippen LogP contribution in [0.25, 0.3) is 0 Å². The fraction of sp³-hybridized carbons (Fsp3) is 0.769. The van der Waals surface area contributed by atoms with Gasteiger partial charge in [-0.05, 0) is 12.8 Å². The zero-order chi connectivity index (χ0) is 12.6. The van der Waals surface area contributed by atoms with Gasteiger partial charge in [-0.1, -0.05) is 46.1 Å². The van der Waals surface area contributed by atoms with Gasteiger partial charge in [0, 0.05) is 19.3 Å². The smallest absolute Gasteiger partial charge is 0.327 e. The number of hydrogen-bond acceptors (Lipinski definition) is 2. The summed E-state index contributed by atoms with van der Waals surface area (Å²) in [5.41, 5.74) is 0. The average Bonchev–Trinajstić information content (AvgIpc) is 2.29. The number of aliphatic carboxylic acids is 1. The topological polar surface area (TPSA) is 46.5 Å². The summed E-state index contributed by atoms with van der Waals surface area (Å²) in [7, 11) is 0. The van der Waals surface area contributed by atoms with Gasteiger partial charge in [-0.25, -0.2) is 4.79 Å². The van der Waals surface area contributed by atoms with E-state index in [4.69, 9.17) is 9.84 Å². The Hall–Kier alpha value is -0.830. The van der Waals surface area contributed by atoms with Gasteiger partial charge < -0.3 is 9.84 Å². The normalized spacial score (nSPS) is 9.12. The van der Waals surface area contributed by atoms with Crippen LogP contribution in [0.15, 0.2) is 12.7 Å². The standard InChI is InChI=1S/C10H22O.C3H4O2/c1-3-5-7-9-11-10-8-6-4-2;1-2-3(4)5/h3-10H2,1-2H3;2H,1H2,(H,4,5). The van der Waals surface area contributed by atoms with E-state index in [0.717, 1.165) is 19.3 Å². The first-order valence-corrected chi connectivity index (χ1v) is 6.12. The summed E-state index contributed by atoms with van der Waals surface area (Å²) in [6.07, 6.45) is 8.52. The fourth-order valence-corrected chi connectivity index (χ4v) is 1.01. The number of unbranched alkanes of at least 4 members (excludes halogenated alkanes) is 4. The van der Waals surface area contributed by atoms with Crippen molar-refractivity contribution in [3.63, 3.8) is 0 Å². The number of carbonyl (C=O) groups is 1. The summed E-state index contributed by atoms with van der Waals surface area (Å²) in [5.74, 6) is -0.981. The highest BCUT2D eigenvalue weighted by atomic mass is 16.5. The first-order valence-electron chi connectivity index (χ1n) is 6.12. The number of hydrogen-bond donors (Lipinski definition) is 1. The predicted molar refractivity (Wildman–Crippen MR) is 67.7 cm³/mol. The molecule has 0 rings (SSSR count). The van der Waals surface area contributed by atoms with Crippen LogP contribution in [0.2, 0.25) is 0 Å². The van der Waals surface area contributed by atoms with Crippen molar-refractivity contribution in [2.45, 2.75) is 52.4 Å². The van der Waals surface area contributed by atoms with Crippen molar-refractivity contribution in [3.05, 3.63) is 12.7 Å². The highest BCUT2D eigenvalue weighted by molar-refractivity contribution is 5.78. The second-order valence-corrected chi connectivity index (χ2v) is 3.57. The van der Waals surface area contributed by atoms with E-state index in [-0.39, 0.29) is 0 Å². The highest BCUT2D eigenvalue weighted by Gasteiger charge is 1.88.